The monoisotopic (exact) mass is 316 g/mol. The Labute approximate surface area is 126 Å². The zero-order valence-electron chi connectivity index (χ0n) is 13.0. The maximum absolute atomic E-state index is 12.0. The second-order valence-corrected chi connectivity index (χ2v) is 8.51. The molecule has 120 valence electrons. The number of benzene rings is 1. The molecular formula is C15H24O5S. The van der Waals surface area contributed by atoms with Crippen molar-refractivity contribution in [3.8, 4) is 11.5 Å². The fraction of sp³-hybridized carbons (Fsp3) is 0.600. The summed E-state index contributed by atoms with van der Waals surface area (Å²) in [5, 5.41) is 9.12. The first-order chi connectivity index (χ1) is 9.71. The number of aliphatic hydroxyl groups excluding tert-OH is 1. The van der Waals surface area contributed by atoms with Crippen LogP contribution in [0.15, 0.2) is 18.2 Å². The molecule has 21 heavy (non-hydrogen) atoms. The Hall–Kier alpha value is -1.27. The zero-order valence-corrected chi connectivity index (χ0v) is 13.9. The largest absolute Gasteiger partial charge is 0.490 e. The third kappa shape index (κ3) is 4.89. The van der Waals surface area contributed by atoms with Gasteiger partial charge in [-0.15, -0.1) is 0 Å². The van der Waals surface area contributed by atoms with Crippen LogP contribution in [0.5, 0.6) is 11.5 Å². The molecule has 0 aromatic heterocycles. The van der Waals surface area contributed by atoms with E-state index in [0.29, 0.717) is 23.7 Å². The Morgan fingerprint density at radius 3 is 2.33 bits per heavy atom. The highest BCUT2D eigenvalue weighted by atomic mass is 32.2. The van der Waals surface area contributed by atoms with E-state index in [0.717, 1.165) is 0 Å². The Morgan fingerprint density at radius 2 is 1.81 bits per heavy atom. The fourth-order valence-corrected chi connectivity index (χ4v) is 2.52. The van der Waals surface area contributed by atoms with Gasteiger partial charge in [0.25, 0.3) is 0 Å². The van der Waals surface area contributed by atoms with E-state index in [1.165, 1.54) is 0 Å². The molecule has 0 radical (unpaired) electrons. The van der Waals surface area contributed by atoms with Gasteiger partial charge in [-0.2, -0.15) is 0 Å². The molecule has 1 aromatic rings. The molecule has 0 saturated carbocycles. The maximum atomic E-state index is 12.0. The smallest absolute Gasteiger partial charge is 0.161 e. The molecule has 6 heteroatoms. The molecule has 0 bridgehead atoms. The van der Waals surface area contributed by atoms with E-state index in [-0.39, 0.29) is 19.0 Å². The van der Waals surface area contributed by atoms with Crippen molar-refractivity contribution < 1.29 is 23.0 Å². The number of sulfone groups is 1. The van der Waals surface area contributed by atoms with Crippen molar-refractivity contribution in [3.63, 3.8) is 0 Å². The quantitative estimate of drug-likeness (QED) is 0.834. The van der Waals surface area contributed by atoms with Gasteiger partial charge < -0.3 is 14.6 Å². The molecule has 0 aliphatic carbocycles. The highest BCUT2D eigenvalue weighted by Crippen LogP contribution is 2.28. The summed E-state index contributed by atoms with van der Waals surface area (Å²) in [6.07, 6.45) is 0. The Morgan fingerprint density at radius 1 is 1.14 bits per heavy atom. The third-order valence-electron chi connectivity index (χ3n) is 3.03. The van der Waals surface area contributed by atoms with E-state index >= 15 is 0 Å². The highest BCUT2D eigenvalue weighted by molar-refractivity contribution is 7.92. The predicted octanol–water partition coefficient (Wildman–Crippen LogP) is 2.17. The Balaban J connectivity index is 2.76. The van der Waals surface area contributed by atoms with E-state index in [4.69, 9.17) is 14.6 Å². The van der Waals surface area contributed by atoms with E-state index in [1.54, 1.807) is 39.0 Å². The topological polar surface area (TPSA) is 72.8 Å². The van der Waals surface area contributed by atoms with Gasteiger partial charge in [-0.05, 0) is 45.4 Å². The van der Waals surface area contributed by atoms with Crippen molar-refractivity contribution in [1.29, 1.82) is 0 Å². The second-order valence-electron chi connectivity index (χ2n) is 5.65. The van der Waals surface area contributed by atoms with Crippen LogP contribution in [0.25, 0.3) is 0 Å². The number of hydrogen-bond donors (Lipinski definition) is 1. The lowest BCUT2D eigenvalue weighted by Crippen LogP contribution is -2.32. The van der Waals surface area contributed by atoms with Gasteiger partial charge in [0.15, 0.2) is 21.3 Å². The zero-order chi connectivity index (χ0) is 16.1. The van der Waals surface area contributed by atoms with Crippen molar-refractivity contribution in [2.75, 3.05) is 19.0 Å². The van der Waals surface area contributed by atoms with Gasteiger partial charge >= 0.3 is 0 Å². The first kappa shape index (κ1) is 17.8. The number of hydrogen-bond acceptors (Lipinski definition) is 5. The van der Waals surface area contributed by atoms with Gasteiger partial charge in [-0.25, -0.2) is 8.42 Å². The van der Waals surface area contributed by atoms with Gasteiger partial charge in [0.05, 0.1) is 23.7 Å². The first-order valence-electron chi connectivity index (χ1n) is 6.93. The molecule has 0 atom stereocenters. The van der Waals surface area contributed by atoms with Crippen LogP contribution in [0.4, 0.5) is 0 Å². The summed E-state index contributed by atoms with van der Waals surface area (Å²) in [6.45, 7) is 7.31. The molecule has 1 N–H and O–H groups in total. The molecule has 0 amide bonds. The molecular weight excluding hydrogens is 292 g/mol. The maximum Gasteiger partial charge on any atom is 0.161 e. The molecule has 1 rings (SSSR count). The van der Waals surface area contributed by atoms with Gasteiger partial charge in [0.2, 0.25) is 0 Å². The molecule has 1 aromatic carbocycles. The highest BCUT2D eigenvalue weighted by Gasteiger charge is 2.28. The summed E-state index contributed by atoms with van der Waals surface area (Å²) in [7, 11) is -3.21. The Bertz CT molecular complexity index is 558. The van der Waals surface area contributed by atoms with Crippen LogP contribution >= 0.6 is 0 Å². The number of aliphatic hydroxyl groups is 1. The van der Waals surface area contributed by atoms with E-state index < -0.39 is 14.6 Å². The summed E-state index contributed by atoms with van der Waals surface area (Å²) < 4.78 is 34.2. The molecule has 0 aliphatic rings. The normalized spacial score (nSPS) is 12.2. The Kier molecular flexibility index (Phi) is 6.04. The van der Waals surface area contributed by atoms with Crippen molar-refractivity contribution in [2.45, 2.75) is 39.0 Å². The average Bonchev–Trinajstić information content (AvgIpc) is 2.39. The van der Waals surface area contributed by atoms with E-state index in [2.05, 4.69) is 0 Å². The second kappa shape index (κ2) is 7.13. The standard InChI is InChI=1S/C15H24O5S/c1-5-19-14-10-12(11-16)6-7-13(14)20-8-9-21(17,18)15(2,3)4/h6-7,10,16H,5,8-9,11H2,1-4H3. The van der Waals surface area contributed by atoms with Crippen LogP contribution in [-0.2, 0) is 16.4 Å². The average molecular weight is 316 g/mol. The van der Waals surface area contributed by atoms with Gasteiger partial charge in [-0.1, -0.05) is 6.07 Å². The lowest BCUT2D eigenvalue weighted by Gasteiger charge is -2.19. The molecule has 0 fully saturated rings. The van der Waals surface area contributed by atoms with Crippen LogP contribution in [0, 0.1) is 0 Å². The lowest BCUT2D eigenvalue weighted by molar-refractivity contribution is 0.273. The van der Waals surface area contributed by atoms with E-state index in [9.17, 15) is 8.42 Å². The number of ether oxygens (including phenoxy) is 2. The number of rotatable bonds is 7. The first-order valence-corrected chi connectivity index (χ1v) is 8.58. The fourth-order valence-electron chi connectivity index (χ4n) is 1.61. The minimum absolute atomic E-state index is 0.0518. The van der Waals surface area contributed by atoms with Crippen LogP contribution in [-0.4, -0.2) is 37.2 Å². The third-order valence-corrected chi connectivity index (χ3v) is 5.60. The summed E-state index contributed by atoms with van der Waals surface area (Å²) in [4.78, 5) is 0. The molecule has 0 heterocycles. The van der Waals surface area contributed by atoms with Crippen molar-refractivity contribution in [3.05, 3.63) is 23.8 Å². The minimum Gasteiger partial charge on any atom is -0.490 e. The molecule has 0 spiro atoms. The summed E-state index contributed by atoms with van der Waals surface area (Å²) in [5.41, 5.74) is 0.716. The van der Waals surface area contributed by atoms with Gasteiger partial charge in [0.1, 0.15) is 6.61 Å². The van der Waals surface area contributed by atoms with Crippen LogP contribution < -0.4 is 9.47 Å². The predicted molar refractivity (Wildman–Crippen MR) is 82.6 cm³/mol. The van der Waals surface area contributed by atoms with Crippen LogP contribution in [0.1, 0.15) is 33.3 Å². The SMILES string of the molecule is CCOc1cc(CO)ccc1OCCS(=O)(=O)C(C)(C)C. The molecule has 0 aliphatic heterocycles. The van der Waals surface area contributed by atoms with Crippen LogP contribution in [0.2, 0.25) is 0 Å². The summed E-state index contributed by atoms with van der Waals surface area (Å²) in [6, 6.07) is 5.09. The van der Waals surface area contributed by atoms with Gasteiger partial charge in [0, 0.05) is 0 Å². The molecule has 5 nitrogen and oxygen atoms in total. The molecule has 0 saturated heterocycles. The van der Waals surface area contributed by atoms with Crippen molar-refractivity contribution in [1.82, 2.24) is 0 Å². The van der Waals surface area contributed by atoms with Crippen LogP contribution in [0.3, 0.4) is 0 Å². The summed E-state index contributed by atoms with van der Waals surface area (Å²) in [5.74, 6) is 0.944. The lowest BCUT2D eigenvalue weighted by atomic mass is 10.2. The van der Waals surface area contributed by atoms with Crippen molar-refractivity contribution in [2.24, 2.45) is 0 Å². The van der Waals surface area contributed by atoms with Crippen molar-refractivity contribution >= 4 is 9.84 Å². The summed E-state index contributed by atoms with van der Waals surface area (Å²) >= 11 is 0. The van der Waals surface area contributed by atoms with Gasteiger partial charge in [-0.3, -0.25) is 0 Å². The molecule has 0 unspecified atom stereocenters. The van der Waals surface area contributed by atoms with E-state index in [1.807, 2.05) is 6.92 Å². The minimum atomic E-state index is -3.21.